The van der Waals surface area contributed by atoms with E-state index in [1.807, 2.05) is 0 Å². The number of hydrogen-bond donors (Lipinski definition) is 0. The fraction of sp³-hybridized carbons (Fsp3) is 0. The molecule has 0 N–H and O–H groups in total. The third kappa shape index (κ3) is 2.53. The minimum atomic E-state index is -1.26. The van der Waals surface area contributed by atoms with Gasteiger partial charge in [0.2, 0.25) is 5.78 Å². The second-order valence-corrected chi connectivity index (χ2v) is 4.53. The van der Waals surface area contributed by atoms with E-state index in [0.717, 1.165) is 24.3 Å². The van der Waals surface area contributed by atoms with Crippen molar-refractivity contribution in [3.8, 4) is 0 Å². The van der Waals surface area contributed by atoms with Gasteiger partial charge in [0.05, 0.1) is 15.6 Å². The van der Waals surface area contributed by atoms with Gasteiger partial charge in [0, 0.05) is 0 Å². The van der Waals surface area contributed by atoms with Crippen molar-refractivity contribution in [1.29, 1.82) is 0 Å². The molecule has 0 spiro atoms. The smallest absolute Gasteiger partial charge is 0.202 e. The Morgan fingerprint density at radius 3 is 2.26 bits per heavy atom. The molecule has 2 rings (SSSR count). The first-order valence-electron chi connectivity index (χ1n) is 5.05. The largest absolute Gasteiger partial charge is 0.288 e. The van der Waals surface area contributed by atoms with Crippen molar-refractivity contribution in [1.82, 2.24) is 0 Å². The van der Waals surface area contributed by atoms with Crippen molar-refractivity contribution in [3.05, 3.63) is 69.2 Å². The van der Waals surface area contributed by atoms with Crippen LogP contribution in [0.4, 0.5) is 17.6 Å². The Bertz CT molecular complexity index is 670. The predicted molar refractivity (Wildman–Crippen MR) is 63.8 cm³/mol. The van der Waals surface area contributed by atoms with Gasteiger partial charge in [-0.3, -0.25) is 4.79 Å². The molecule has 0 saturated carbocycles. The van der Waals surface area contributed by atoms with Gasteiger partial charge in [-0.05, 0) is 46.3 Å². The molecule has 0 atom stereocenters. The first-order valence-corrected chi connectivity index (χ1v) is 5.84. The second kappa shape index (κ2) is 5.13. The average molecular weight is 333 g/mol. The highest BCUT2D eigenvalue weighted by Gasteiger charge is 2.23. The molecular formula is C13H5BrF4O. The van der Waals surface area contributed by atoms with Crippen molar-refractivity contribution in [2.75, 3.05) is 0 Å². The standard InChI is InChI=1S/C13H5BrF4O/c14-8-2-4-10(17)11(12(8)18)13(19)7-5-6(15)1-3-9(7)16/h1-5H. The zero-order valence-corrected chi connectivity index (χ0v) is 10.8. The van der Waals surface area contributed by atoms with Crippen LogP contribution in [0.25, 0.3) is 0 Å². The molecule has 0 aliphatic heterocycles. The molecule has 19 heavy (non-hydrogen) atoms. The lowest BCUT2D eigenvalue weighted by atomic mass is 10.0. The number of ketones is 1. The number of carbonyl (C=O) groups excluding carboxylic acids is 1. The Labute approximate surface area is 114 Å². The van der Waals surface area contributed by atoms with Gasteiger partial charge in [-0.15, -0.1) is 0 Å². The molecule has 0 aromatic heterocycles. The second-order valence-electron chi connectivity index (χ2n) is 3.67. The molecule has 2 aromatic carbocycles. The maximum absolute atomic E-state index is 13.7. The van der Waals surface area contributed by atoms with Crippen molar-refractivity contribution in [3.63, 3.8) is 0 Å². The maximum Gasteiger partial charge on any atom is 0.202 e. The Morgan fingerprint density at radius 2 is 1.58 bits per heavy atom. The number of carbonyl (C=O) groups is 1. The molecule has 1 nitrogen and oxygen atoms in total. The van der Waals surface area contributed by atoms with Crippen LogP contribution < -0.4 is 0 Å². The highest BCUT2D eigenvalue weighted by Crippen LogP contribution is 2.25. The van der Waals surface area contributed by atoms with Crippen LogP contribution in [0.5, 0.6) is 0 Å². The number of rotatable bonds is 2. The average Bonchev–Trinajstić information content (AvgIpc) is 2.37. The Balaban J connectivity index is 2.63. The van der Waals surface area contributed by atoms with Gasteiger partial charge in [0.1, 0.15) is 17.5 Å². The van der Waals surface area contributed by atoms with Crippen LogP contribution in [-0.4, -0.2) is 5.78 Å². The molecule has 0 fully saturated rings. The van der Waals surface area contributed by atoms with E-state index in [2.05, 4.69) is 15.9 Å². The van der Waals surface area contributed by atoms with Crippen LogP contribution in [0.15, 0.2) is 34.8 Å². The molecule has 6 heteroatoms. The minimum Gasteiger partial charge on any atom is -0.288 e. The Kier molecular flexibility index (Phi) is 3.71. The fourth-order valence-corrected chi connectivity index (χ4v) is 1.87. The summed E-state index contributed by atoms with van der Waals surface area (Å²) in [7, 11) is 0. The first-order chi connectivity index (χ1) is 8.91. The van der Waals surface area contributed by atoms with Crippen molar-refractivity contribution in [2.24, 2.45) is 0 Å². The van der Waals surface area contributed by atoms with Gasteiger partial charge in [-0.25, -0.2) is 17.6 Å². The molecule has 0 unspecified atom stereocenters. The number of hydrogen-bond acceptors (Lipinski definition) is 1. The Hall–Kier alpha value is -1.69. The summed E-state index contributed by atoms with van der Waals surface area (Å²) in [5.41, 5.74) is -1.66. The third-order valence-corrected chi connectivity index (χ3v) is 3.06. The lowest BCUT2D eigenvalue weighted by Gasteiger charge is -2.06. The summed E-state index contributed by atoms with van der Waals surface area (Å²) in [5.74, 6) is -5.48. The van der Waals surface area contributed by atoms with E-state index >= 15 is 0 Å². The molecular weight excluding hydrogens is 328 g/mol. The van der Waals surface area contributed by atoms with Crippen LogP contribution in [0.3, 0.4) is 0 Å². The maximum atomic E-state index is 13.7. The third-order valence-electron chi connectivity index (χ3n) is 2.44. The van der Waals surface area contributed by atoms with Gasteiger partial charge in [0.15, 0.2) is 5.82 Å². The summed E-state index contributed by atoms with van der Waals surface area (Å²) in [6, 6.07) is 4.05. The van der Waals surface area contributed by atoms with E-state index in [-0.39, 0.29) is 4.47 Å². The van der Waals surface area contributed by atoms with Gasteiger partial charge < -0.3 is 0 Å². The van der Waals surface area contributed by atoms with E-state index in [4.69, 9.17) is 0 Å². The summed E-state index contributed by atoms with van der Waals surface area (Å²) in [4.78, 5) is 11.9. The SMILES string of the molecule is O=C(c1cc(F)ccc1F)c1c(F)ccc(Br)c1F. The van der Waals surface area contributed by atoms with E-state index in [1.165, 1.54) is 0 Å². The monoisotopic (exact) mass is 332 g/mol. The highest BCUT2D eigenvalue weighted by atomic mass is 79.9. The van der Waals surface area contributed by atoms with Crippen molar-refractivity contribution in [2.45, 2.75) is 0 Å². The molecule has 0 amide bonds. The van der Waals surface area contributed by atoms with E-state index in [9.17, 15) is 22.4 Å². The van der Waals surface area contributed by atoms with E-state index in [0.29, 0.717) is 6.07 Å². The molecule has 98 valence electrons. The van der Waals surface area contributed by atoms with Crippen molar-refractivity contribution >= 4 is 21.7 Å². The molecule has 2 aromatic rings. The van der Waals surface area contributed by atoms with Crippen LogP contribution in [0.2, 0.25) is 0 Å². The molecule has 0 radical (unpaired) electrons. The van der Waals surface area contributed by atoms with Crippen LogP contribution in [0.1, 0.15) is 15.9 Å². The summed E-state index contributed by atoms with van der Waals surface area (Å²) < 4.78 is 53.5. The van der Waals surface area contributed by atoms with Gasteiger partial charge in [-0.2, -0.15) is 0 Å². The van der Waals surface area contributed by atoms with Crippen LogP contribution in [0, 0.1) is 23.3 Å². The summed E-state index contributed by atoms with van der Waals surface area (Å²) in [6.07, 6.45) is 0. The zero-order chi connectivity index (χ0) is 14.2. The zero-order valence-electron chi connectivity index (χ0n) is 9.18. The van der Waals surface area contributed by atoms with Gasteiger partial charge in [-0.1, -0.05) is 0 Å². The fourth-order valence-electron chi connectivity index (χ4n) is 1.54. The minimum absolute atomic E-state index is 0.144. The van der Waals surface area contributed by atoms with E-state index < -0.39 is 40.2 Å². The Morgan fingerprint density at radius 1 is 0.947 bits per heavy atom. The molecule has 0 heterocycles. The summed E-state index contributed by atoms with van der Waals surface area (Å²) >= 11 is 2.79. The quantitative estimate of drug-likeness (QED) is 0.457. The summed E-state index contributed by atoms with van der Waals surface area (Å²) in [6.45, 7) is 0. The first kappa shape index (κ1) is 13.7. The number of halogens is 5. The predicted octanol–water partition coefficient (Wildman–Crippen LogP) is 4.24. The van der Waals surface area contributed by atoms with Crippen LogP contribution >= 0.6 is 15.9 Å². The number of benzene rings is 2. The lowest BCUT2D eigenvalue weighted by molar-refractivity contribution is 0.102. The normalized spacial score (nSPS) is 10.6. The van der Waals surface area contributed by atoms with Crippen LogP contribution in [-0.2, 0) is 0 Å². The molecule has 0 bridgehead atoms. The highest BCUT2D eigenvalue weighted by molar-refractivity contribution is 9.10. The molecule has 0 aliphatic rings. The molecule has 0 aliphatic carbocycles. The lowest BCUT2D eigenvalue weighted by Crippen LogP contribution is -2.10. The summed E-state index contributed by atoms with van der Waals surface area (Å²) in [5, 5.41) is 0. The van der Waals surface area contributed by atoms with Crippen molar-refractivity contribution < 1.29 is 22.4 Å². The topological polar surface area (TPSA) is 17.1 Å². The molecule has 0 saturated heterocycles. The van der Waals surface area contributed by atoms with Gasteiger partial charge in [0.25, 0.3) is 0 Å². The van der Waals surface area contributed by atoms with Gasteiger partial charge >= 0.3 is 0 Å². The van der Waals surface area contributed by atoms with E-state index in [1.54, 1.807) is 0 Å².